The van der Waals surface area contributed by atoms with E-state index in [1.54, 1.807) is 0 Å². The minimum atomic E-state index is 0.0556. The molecule has 130 valence electrons. The summed E-state index contributed by atoms with van der Waals surface area (Å²) in [5.74, 6) is 1.92. The van der Waals surface area contributed by atoms with E-state index in [0.29, 0.717) is 19.8 Å². The van der Waals surface area contributed by atoms with Gasteiger partial charge in [-0.1, -0.05) is 36.4 Å². The highest BCUT2D eigenvalue weighted by Gasteiger charge is 2.29. The van der Waals surface area contributed by atoms with Gasteiger partial charge >= 0.3 is 0 Å². The van der Waals surface area contributed by atoms with Crippen molar-refractivity contribution in [1.29, 1.82) is 0 Å². The van der Waals surface area contributed by atoms with E-state index in [4.69, 9.17) is 9.47 Å². The average Bonchev–Trinajstić information content (AvgIpc) is 2.66. The van der Waals surface area contributed by atoms with Crippen LogP contribution in [0.1, 0.15) is 24.0 Å². The number of nitrogens with zero attached hydrogens (tertiary/aromatic N) is 1. The highest BCUT2D eigenvalue weighted by Crippen LogP contribution is 2.32. The molecule has 4 nitrogen and oxygen atoms in total. The summed E-state index contributed by atoms with van der Waals surface area (Å²) in [6.45, 7) is 2.74. The lowest BCUT2D eigenvalue weighted by Gasteiger charge is -2.32. The van der Waals surface area contributed by atoms with Crippen LogP contribution >= 0.6 is 0 Å². The SMILES string of the molecule is O=C1C(Cc2ccc3c(c2)OCCO3)CCCN1Cc1ccccc1. The van der Waals surface area contributed by atoms with Crippen molar-refractivity contribution in [3.8, 4) is 11.5 Å². The molecule has 0 radical (unpaired) electrons. The zero-order valence-electron chi connectivity index (χ0n) is 14.3. The predicted molar refractivity (Wildman–Crippen MR) is 95.7 cm³/mol. The van der Waals surface area contributed by atoms with Crippen molar-refractivity contribution in [2.45, 2.75) is 25.8 Å². The number of hydrogen-bond acceptors (Lipinski definition) is 3. The Hall–Kier alpha value is -2.49. The summed E-state index contributed by atoms with van der Waals surface area (Å²) in [6, 6.07) is 16.3. The lowest BCUT2D eigenvalue weighted by atomic mass is 9.90. The average molecular weight is 337 g/mol. The number of carbonyl (C=O) groups excluding carboxylic acids is 1. The fourth-order valence-electron chi connectivity index (χ4n) is 3.67. The topological polar surface area (TPSA) is 38.8 Å². The van der Waals surface area contributed by atoms with Crippen molar-refractivity contribution in [2.24, 2.45) is 5.92 Å². The molecule has 0 bridgehead atoms. The van der Waals surface area contributed by atoms with E-state index in [1.807, 2.05) is 35.2 Å². The zero-order chi connectivity index (χ0) is 17.1. The van der Waals surface area contributed by atoms with Gasteiger partial charge in [-0.2, -0.15) is 0 Å². The van der Waals surface area contributed by atoms with Crippen LogP contribution in [0.15, 0.2) is 48.5 Å². The Bertz CT molecular complexity index is 744. The molecule has 0 aliphatic carbocycles. The number of benzene rings is 2. The summed E-state index contributed by atoms with van der Waals surface area (Å²) in [7, 11) is 0. The van der Waals surface area contributed by atoms with Gasteiger partial charge in [0.25, 0.3) is 0 Å². The maximum absolute atomic E-state index is 12.9. The monoisotopic (exact) mass is 337 g/mol. The fraction of sp³-hybridized carbons (Fsp3) is 0.381. The van der Waals surface area contributed by atoms with E-state index in [0.717, 1.165) is 42.9 Å². The Kier molecular flexibility index (Phi) is 4.59. The normalized spacial score (nSPS) is 19.8. The summed E-state index contributed by atoms with van der Waals surface area (Å²) in [5, 5.41) is 0. The van der Waals surface area contributed by atoms with Crippen LogP contribution in [-0.2, 0) is 17.8 Å². The van der Waals surface area contributed by atoms with E-state index < -0.39 is 0 Å². The van der Waals surface area contributed by atoms with Crippen LogP contribution < -0.4 is 9.47 Å². The summed E-state index contributed by atoms with van der Waals surface area (Å²) in [4.78, 5) is 14.9. The van der Waals surface area contributed by atoms with E-state index in [2.05, 4.69) is 18.2 Å². The van der Waals surface area contributed by atoms with Gasteiger partial charge in [0.15, 0.2) is 11.5 Å². The molecule has 4 heteroatoms. The molecule has 2 heterocycles. The molecular formula is C21H23NO3. The van der Waals surface area contributed by atoms with E-state index >= 15 is 0 Å². The van der Waals surface area contributed by atoms with Crippen molar-refractivity contribution < 1.29 is 14.3 Å². The zero-order valence-corrected chi connectivity index (χ0v) is 14.3. The molecule has 0 saturated carbocycles. The lowest BCUT2D eigenvalue weighted by Crippen LogP contribution is -2.41. The number of fused-ring (bicyclic) bond motifs is 1. The molecule has 1 saturated heterocycles. The maximum atomic E-state index is 12.9. The second-order valence-electron chi connectivity index (χ2n) is 6.77. The first-order valence-corrected chi connectivity index (χ1v) is 9.01. The third-order valence-corrected chi connectivity index (χ3v) is 4.95. The van der Waals surface area contributed by atoms with Crippen LogP contribution in [0.5, 0.6) is 11.5 Å². The Labute approximate surface area is 148 Å². The lowest BCUT2D eigenvalue weighted by molar-refractivity contribution is -0.139. The molecule has 25 heavy (non-hydrogen) atoms. The third kappa shape index (κ3) is 3.63. The maximum Gasteiger partial charge on any atom is 0.226 e. The van der Waals surface area contributed by atoms with Gasteiger partial charge in [0.1, 0.15) is 13.2 Å². The van der Waals surface area contributed by atoms with E-state index in [1.165, 1.54) is 5.56 Å². The Morgan fingerprint density at radius 1 is 0.960 bits per heavy atom. The molecule has 1 fully saturated rings. The second-order valence-corrected chi connectivity index (χ2v) is 6.77. The predicted octanol–water partition coefficient (Wildman–Crippen LogP) is 3.44. The molecular weight excluding hydrogens is 314 g/mol. The summed E-state index contributed by atoms with van der Waals surface area (Å²) in [6.07, 6.45) is 2.78. The van der Waals surface area contributed by atoms with Crippen molar-refractivity contribution in [3.63, 3.8) is 0 Å². The van der Waals surface area contributed by atoms with Crippen LogP contribution in [0.4, 0.5) is 0 Å². The van der Waals surface area contributed by atoms with Gasteiger partial charge in [0.2, 0.25) is 5.91 Å². The van der Waals surface area contributed by atoms with Crippen LogP contribution in [0.25, 0.3) is 0 Å². The molecule has 2 aromatic carbocycles. The molecule has 1 amide bonds. The molecule has 1 unspecified atom stereocenters. The van der Waals surface area contributed by atoms with Gasteiger partial charge in [-0.25, -0.2) is 0 Å². The second kappa shape index (κ2) is 7.18. The summed E-state index contributed by atoms with van der Waals surface area (Å²) in [5.41, 5.74) is 2.33. The molecule has 1 atom stereocenters. The molecule has 2 aliphatic heterocycles. The molecule has 0 N–H and O–H groups in total. The molecule has 0 aromatic heterocycles. The van der Waals surface area contributed by atoms with Gasteiger partial charge < -0.3 is 14.4 Å². The van der Waals surface area contributed by atoms with E-state index in [9.17, 15) is 4.79 Å². The first-order chi connectivity index (χ1) is 12.3. The minimum Gasteiger partial charge on any atom is -0.486 e. The number of likely N-dealkylation sites (tertiary alicyclic amines) is 1. The quantitative estimate of drug-likeness (QED) is 0.858. The molecule has 2 aliphatic rings. The number of piperidine rings is 1. The fourth-order valence-corrected chi connectivity index (χ4v) is 3.67. The van der Waals surface area contributed by atoms with Crippen molar-refractivity contribution in [3.05, 3.63) is 59.7 Å². The number of ether oxygens (including phenoxy) is 2. The number of rotatable bonds is 4. The van der Waals surface area contributed by atoms with Gasteiger partial charge in [-0.05, 0) is 42.5 Å². The van der Waals surface area contributed by atoms with Gasteiger partial charge in [0, 0.05) is 19.0 Å². The van der Waals surface area contributed by atoms with Crippen LogP contribution in [-0.4, -0.2) is 30.6 Å². The molecule has 2 aromatic rings. The highest BCUT2D eigenvalue weighted by molar-refractivity contribution is 5.80. The Morgan fingerprint density at radius 2 is 1.76 bits per heavy atom. The highest BCUT2D eigenvalue weighted by atomic mass is 16.6. The third-order valence-electron chi connectivity index (χ3n) is 4.95. The van der Waals surface area contributed by atoms with Gasteiger partial charge in [-0.15, -0.1) is 0 Å². The smallest absolute Gasteiger partial charge is 0.226 e. The number of hydrogen-bond donors (Lipinski definition) is 0. The first-order valence-electron chi connectivity index (χ1n) is 9.01. The largest absolute Gasteiger partial charge is 0.486 e. The van der Waals surface area contributed by atoms with Crippen LogP contribution in [0, 0.1) is 5.92 Å². The first kappa shape index (κ1) is 16.0. The number of amides is 1. The summed E-state index contributed by atoms with van der Waals surface area (Å²) < 4.78 is 11.2. The van der Waals surface area contributed by atoms with Gasteiger partial charge in [0.05, 0.1) is 0 Å². The van der Waals surface area contributed by atoms with Crippen LogP contribution in [0.3, 0.4) is 0 Å². The van der Waals surface area contributed by atoms with Crippen molar-refractivity contribution in [2.75, 3.05) is 19.8 Å². The Morgan fingerprint density at radius 3 is 2.60 bits per heavy atom. The van der Waals surface area contributed by atoms with Crippen LogP contribution in [0.2, 0.25) is 0 Å². The standard InChI is InChI=1S/C21H23NO3/c23-21-18(7-4-10-22(21)15-16-5-2-1-3-6-16)13-17-8-9-19-20(14-17)25-12-11-24-19/h1-3,5-6,8-9,14,18H,4,7,10-13,15H2. The number of carbonyl (C=O) groups is 1. The Balaban J connectivity index is 1.44. The van der Waals surface area contributed by atoms with Crippen molar-refractivity contribution >= 4 is 5.91 Å². The molecule has 0 spiro atoms. The molecule has 4 rings (SSSR count). The van der Waals surface area contributed by atoms with Gasteiger partial charge in [-0.3, -0.25) is 4.79 Å². The minimum absolute atomic E-state index is 0.0556. The van der Waals surface area contributed by atoms with Crippen molar-refractivity contribution in [1.82, 2.24) is 4.90 Å². The summed E-state index contributed by atoms with van der Waals surface area (Å²) >= 11 is 0. The van der Waals surface area contributed by atoms with E-state index in [-0.39, 0.29) is 11.8 Å².